The number of methoxy groups -OCH3 is 1. The summed E-state index contributed by atoms with van der Waals surface area (Å²) >= 11 is 0. The first-order chi connectivity index (χ1) is 11.3. The van der Waals surface area contributed by atoms with E-state index in [0.29, 0.717) is 0 Å². The van der Waals surface area contributed by atoms with Gasteiger partial charge in [-0.15, -0.1) is 0 Å². The topological polar surface area (TPSA) is 25.4 Å². The lowest BCUT2D eigenvalue weighted by molar-refractivity contribution is 0.404. The number of anilines is 1. The van der Waals surface area contributed by atoms with E-state index in [1.807, 2.05) is 18.5 Å². The molecule has 1 aromatic heterocycles. The zero-order valence-electron chi connectivity index (χ0n) is 14.2. The molecule has 0 atom stereocenters. The quantitative estimate of drug-likeness (QED) is 0.787. The molecule has 1 aliphatic carbocycles. The molecule has 0 spiro atoms. The molecular weight excluding hydrogens is 284 g/mol. The second-order valence-corrected chi connectivity index (χ2v) is 6.57. The van der Waals surface area contributed by atoms with Crippen molar-refractivity contribution in [1.29, 1.82) is 0 Å². The third-order valence-electron chi connectivity index (χ3n) is 4.83. The molecule has 1 heterocycles. The Bertz CT molecular complexity index is 621. The lowest BCUT2D eigenvalue weighted by atomic mass is 9.96. The molecule has 23 heavy (non-hydrogen) atoms. The second kappa shape index (κ2) is 7.49. The average molecular weight is 310 g/mol. The minimum Gasteiger partial charge on any atom is -0.496 e. The van der Waals surface area contributed by atoms with Crippen LogP contribution in [0, 0.1) is 5.92 Å². The van der Waals surface area contributed by atoms with Gasteiger partial charge in [0, 0.05) is 19.8 Å². The van der Waals surface area contributed by atoms with Gasteiger partial charge in [0.15, 0.2) is 0 Å². The van der Waals surface area contributed by atoms with Crippen molar-refractivity contribution in [2.75, 3.05) is 19.1 Å². The molecule has 3 nitrogen and oxygen atoms in total. The van der Waals surface area contributed by atoms with Crippen molar-refractivity contribution < 1.29 is 4.74 Å². The van der Waals surface area contributed by atoms with Gasteiger partial charge in [0.2, 0.25) is 0 Å². The zero-order valence-corrected chi connectivity index (χ0v) is 14.2. The number of hydrogen-bond acceptors (Lipinski definition) is 3. The van der Waals surface area contributed by atoms with E-state index in [4.69, 9.17) is 4.74 Å². The fraction of sp³-hybridized carbons (Fsp3) is 0.450. The predicted octanol–water partition coefficient (Wildman–Crippen LogP) is 4.46. The molecule has 1 fully saturated rings. The molecule has 1 saturated carbocycles. The van der Waals surface area contributed by atoms with Gasteiger partial charge in [-0.1, -0.05) is 37.8 Å². The summed E-state index contributed by atoms with van der Waals surface area (Å²) < 4.78 is 5.58. The molecule has 0 N–H and O–H groups in total. The number of nitrogens with zero attached hydrogens (tertiary/aromatic N) is 2. The van der Waals surface area contributed by atoms with E-state index in [2.05, 4.69) is 41.2 Å². The van der Waals surface area contributed by atoms with Gasteiger partial charge in [0.25, 0.3) is 0 Å². The molecule has 3 heteroatoms. The minimum atomic E-state index is 0.829. The lowest BCUT2D eigenvalue weighted by Crippen LogP contribution is -2.16. The van der Waals surface area contributed by atoms with Gasteiger partial charge in [-0.3, -0.25) is 4.98 Å². The highest BCUT2D eigenvalue weighted by molar-refractivity contribution is 5.45. The van der Waals surface area contributed by atoms with Crippen LogP contribution in [0.4, 0.5) is 5.69 Å². The van der Waals surface area contributed by atoms with E-state index < -0.39 is 0 Å². The van der Waals surface area contributed by atoms with Crippen molar-refractivity contribution in [3.05, 3.63) is 53.9 Å². The van der Waals surface area contributed by atoms with Gasteiger partial charge in [-0.2, -0.15) is 0 Å². The monoisotopic (exact) mass is 310 g/mol. The molecule has 122 valence electrons. The maximum absolute atomic E-state index is 5.58. The summed E-state index contributed by atoms with van der Waals surface area (Å²) in [6.45, 7) is 0.882. The Kier molecular flexibility index (Phi) is 5.16. The summed E-state index contributed by atoms with van der Waals surface area (Å²) in [5.41, 5.74) is 3.82. The molecule has 3 rings (SSSR count). The largest absolute Gasteiger partial charge is 0.496 e. The first-order valence-electron chi connectivity index (χ1n) is 8.53. The number of hydrogen-bond donors (Lipinski definition) is 0. The maximum atomic E-state index is 5.58. The summed E-state index contributed by atoms with van der Waals surface area (Å²) in [5, 5.41) is 0. The molecule has 1 aliphatic rings. The Balaban J connectivity index is 1.74. The maximum Gasteiger partial charge on any atom is 0.122 e. The first-order valence-corrected chi connectivity index (χ1v) is 8.53. The third kappa shape index (κ3) is 4.04. The zero-order chi connectivity index (χ0) is 16.1. The molecule has 1 aromatic carbocycles. The van der Waals surface area contributed by atoms with Crippen LogP contribution in [0.5, 0.6) is 5.75 Å². The number of ether oxygens (including phenoxy) is 1. The summed E-state index contributed by atoms with van der Waals surface area (Å²) in [4.78, 5) is 6.43. The highest BCUT2D eigenvalue weighted by Gasteiger charge is 2.17. The molecule has 2 aromatic rings. The van der Waals surface area contributed by atoms with E-state index in [1.165, 1.54) is 36.8 Å². The van der Waals surface area contributed by atoms with E-state index in [1.54, 1.807) is 7.11 Å². The van der Waals surface area contributed by atoms with Crippen LogP contribution in [0.25, 0.3) is 0 Å². The van der Waals surface area contributed by atoms with Crippen molar-refractivity contribution in [3.8, 4) is 5.75 Å². The van der Waals surface area contributed by atoms with Crippen LogP contribution in [0.3, 0.4) is 0 Å². The third-order valence-corrected chi connectivity index (χ3v) is 4.83. The van der Waals surface area contributed by atoms with Gasteiger partial charge in [0.05, 0.1) is 19.0 Å². The number of benzene rings is 1. The molecule has 0 aliphatic heterocycles. The van der Waals surface area contributed by atoms with Crippen molar-refractivity contribution in [3.63, 3.8) is 0 Å². The molecular formula is C20H26N2O. The SMILES string of the molecule is COc1ccc(CN(C)c2cccnc2)cc1CC1CCCC1. The van der Waals surface area contributed by atoms with Crippen LogP contribution in [0.1, 0.15) is 36.8 Å². The Labute approximate surface area is 139 Å². The minimum absolute atomic E-state index is 0.829. The van der Waals surface area contributed by atoms with Crippen molar-refractivity contribution in [2.45, 2.75) is 38.6 Å². The molecule has 0 amide bonds. The lowest BCUT2D eigenvalue weighted by Gasteiger charge is -2.20. The van der Waals surface area contributed by atoms with E-state index in [-0.39, 0.29) is 0 Å². The highest BCUT2D eigenvalue weighted by Crippen LogP contribution is 2.32. The van der Waals surface area contributed by atoms with E-state index in [9.17, 15) is 0 Å². The molecule has 0 radical (unpaired) electrons. The van der Waals surface area contributed by atoms with Gasteiger partial charge >= 0.3 is 0 Å². The number of pyridine rings is 1. The summed E-state index contributed by atoms with van der Waals surface area (Å²) in [7, 11) is 3.88. The van der Waals surface area contributed by atoms with Crippen LogP contribution >= 0.6 is 0 Å². The highest BCUT2D eigenvalue weighted by atomic mass is 16.5. The molecule has 0 saturated heterocycles. The summed E-state index contributed by atoms with van der Waals surface area (Å²) in [5.74, 6) is 1.86. The van der Waals surface area contributed by atoms with Crippen LogP contribution in [-0.2, 0) is 13.0 Å². The van der Waals surface area contributed by atoms with Gasteiger partial charge in [-0.05, 0) is 41.7 Å². The van der Waals surface area contributed by atoms with E-state index >= 15 is 0 Å². The van der Waals surface area contributed by atoms with Crippen LogP contribution in [0.15, 0.2) is 42.7 Å². The Morgan fingerprint density at radius 3 is 2.74 bits per heavy atom. The normalized spacial score (nSPS) is 14.9. The molecule has 0 unspecified atom stereocenters. The van der Waals surface area contributed by atoms with Crippen LogP contribution in [0.2, 0.25) is 0 Å². The van der Waals surface area contributed by atoms with E-state index in [0.717, 1.165) is 30.3 Å². The van der Waals surface area contributed by atoms with Gasteiger partial charge in [-0.25, -0.2) is 0 Å². The summed E-state index contributed by atoms with van der Waals surface area (Å²) in [6, 6.07) is 10.7. The first kappa shape index (κ1) is 15.9. The second-order valence-electron chi connectivity index (χ2n) is 6.57. The number of aromatic nitrogens is 1. The van der Waals surface area contributed by atoms with Crippen molar-refractivity contribution in [2.24, 2.45) is 5.92 Å². The van der Waals surface area contributed by atoms with Crippen LogP contribution < -0.4 is 9.64 Å². The predicted molar refractivity (Wildman–Crippen MR) is 95.0 cm³/mol. The standard InChI is InChI=1S/C20H26N2O/c1-22(19-8-5-11-21-14-19)15-17-9-10-20(23-2)18(13-17)12-16-6-3-4-7-16/h5,8-11,13-14,16H,3-4,6-7,12,15H2,1-2H3. The van der Waals surface area contributed by atoms with Gasteiger partial charge in [0.1, 0.15) is 5.75 Å². The Morgan fingerprint density at radius 1 is 1.22 bits per heavy atom. The average Bonchev–Trinajstić information content (AvgIpc) is 3.09. The van der Waals surface area contributed by atoms with Crippen molar-refractivity contribution >= 4 is 5.69 Å². The van der Waals surface area contributed by atoms with Crippen LogP contribution in [-0.4, -0.2) is 19.1 Å². The Hall–Kier alpha value is -2.03. The van der Waals surface area contributed by atoms with Crippen molar-refractivity contribution in [1.82, 2.24) is 4.98 Å². The number of rotatable bonds is 6. The Morgan fingerprint density at radius 2 is 2.04 bits per heavy atom. The fourth-order valence-corrected chi connectivity index (χ4v) is 3.56. The fourth-order valence-electron chi connectivity index (χ4n) is 3.56. The van der Waals surface area contributed by atoms with Gasteiger partial charge < -0.3 is 9.64 Å². The molecule has 0 bridgehead atoms. The smallest absolute Gasteiger partial charge is 0.122 e. The summed E-state index contributed by atoms with van der Waals surface area (Å²) in [6.07, 6.45) is 10.4.